The van der Waals surface area contributed by atoms with Crippen molar-refractivity contribution in [2.75, 3.05) is 18.0 Å². The molecule has 1 aliphatic heterocycles. The number of pyridine rings is 1. The summed E-state index contributed by atoms with van der Waals surface area (Å²) in [5.74, 6) is 1.34. The Morgan fingerprint density at radius 3 is 2.64 bits per heavy atom. The smallest absolute Gasteiger partial charge is 0.303 e. The van der Waals surface area contributed by atoms with Crippen LogP contribution in [0.1, 0.15) is 74.3 Å². The van der Waals surface area contributed by atoms with Crippen molar-refractivity contribution < 1.29 is 19.8 Å². The van der Waals surface area contributed by atoms with Crippen LogP contribution >= 0.6 is 12.6 Å². The number of carboxylic acid groups (broad SMARTS) is 1. The van der Waals surface area contributed by atoms with Gasteiger partial charge in [-0.15, -0.1) is 12.6 Å². The molecule has 1 amide bonds. The monoisotopic (exact) mass is 473 g/mol. The van der Waals surface area contributed by atoms with E-state index in [1.54, 1.807) is 0 Å². The summed E-state index contributed by atoms with van der Waals surface area (Å²) in [6.07, 6.45) is 7.31. The summed E-state index contributed by atoms with van der Waals surface area (Å²) in [6, 6.07) is 1.97. The number of hydrogen-bond donors (Lipinski definition) is 4. The van der Waals surface area contributed by atoms with Gasteiger partial charge in [-0.05, 0) is 74.7 Å². The lowest BCUT2D eigenvalue weighted by Gasteiger charge is -2.58. The maximum atomic E-state index is 13.4. The summed E-state index contributed by atoms with van der Waals surface area (Å²) in [6.45, 7) is 3.49. The first-order valence-electron chi connectivity index (χ1n) is 12.5. The Labute approximate surface area is 200 Å². The van der Waals surface area contributed by atoms with Crippen molar-refractivity contribution in [3.05, 3.63) is 17.3 Å². The van der Waals surface area contributed by atoms with E-state index in [1.807, 2.05) is 6.07 Å². The quantitative estimate of drug-likeness (QED) is 0.453. The number of carbonyl (C=O) groups is 2. The number of hydrogen-bond acceptors (Lipinski definition) is 6. The van der Waals surface area contributed by atoms with Gasteiger partial charge in [-0.25, -0.2) is 4.98 Å². The van der Waals surface area contributed by atoms with E-state index in [4.69, 9.17) is 10.1 Å². The molecule has 180 valence electrons. The molecule has 8 heteroatoms. The first kappa shape index (κ1) is 23.0. The van der Waals surface area contributed by atoms with Gasteiger partial charge in [0.25, 0.3) is 5.91 Å². The number of aliphatic hydroxyl groups is 1. The Balaban J connectivity index is 1.34. The summed E-state index contributed by atoms with van der Waals surface area (Å²) < 4.78 is 0. The Morgan fingerprint density at radius 1 is 1.27 bits per heavy atom. The van der Waals surface area contributed by atoms with Crippen molar-refractivity contribution in [1.82, 2.24) is 10.3 Å². The van der Waals surface area contributed by atoms with E-state index in [-0.39, 0.29) is 24.3 Å². The maximum absolute atomic E-state index is 13.4. The van der Waals surface area contributed by atoms with Crippen LogP contribution in [0, 0.1) is 23.7 Å². The average Bonchev–Trinajstić information content (AvgIpc) is 3.18. The fourth-order valence-corrected chi connectivity index (χ4v) is 7.59. The van der Waals surface area contributed by atoms with Crippen LogP contribution in [-0.4, -0.2) is 51.8 Å². The lowest BCUT2D eigenvalue weighted by molar-refractivity contribution is -0.138. The maximum Gasteiger partial charge on any atom is 0.303 e. The molecular weight excluding hydrogens is 438 g/mol. The van der Waals surface area contributed by atoms with Gasteiger partial charge in [0.2, 0.25) is 0 Å². The lowest BCUT2D eigenvalue weighted by atomic mass is 9.52. The number of carboxylic acids is 1. The Hall–Kier alpha value is -1.80. The van der Waals surface area contributed by atoms with Crippen LogP contribution in [0.5, 0.6) is 0 Å². The minimum absolute atomic E-state index is 0.0811. The third-order valence-corrected chi connectivity index (χ3v) is 8.71. The van der Waals surface area contributed by atoms with Gasteiger partial charge in [0.05, 0.1) is 16.9 Å². The molecule has 4 saturated carbocycles. The lowest BCUT2D eigenvalue weighted by Crippen LogP contribution is -2.61. The molecule has 1 aromatic rings. The molecule has 0 spiro atoms. The minimum Gasteiger partial charge on any atom is -0.481 e. The Morgan fingerprint density at radius 2 is 2.00 bits per heavy atom. The molecular formula is C25H35N3O4S. The molecule has 1 aromatic heterocycles. The molecule has 3 atom stereocenters. The molecule has 6 rings (SSSR count). The van der Waals surface area contributed by atoms with Gasteiger partial charge in [0.1, 0.15) is 5.82 Å². The number of carbonyl (C=O) groups excluding carboxylic acids is 1. The summed E-state index contributed by atoms with van der Waals surface area (Å²) >= 11 is 4.68. The number of nitrogens with one attached hydrogen (secondary N) is 1. The number of aryl methyl sites for hydroxylation is 1. The summed E-state index contributed by atoms with van der Waals surface area (Å²) in [4.78, 5) is 32.2. The van der Waals surface area contributed by atoms with Crippen molar-refractivity contribution >= 4 is 30.3 Å². The first-order chi connectivity index (χ1) is 15.7. The largest absolute Gasteiger partial charge is 0.481 e. The molecule has 33 heavy (non-hydrogen) atoms. The Bertz CT molecular complexity index is 938. The van der Waals surface area contributed by atoms with E-state index in [0.29, 0.717) is 41.2 Å². The number of thiol groups is 1. The number of aliphatic carboxylic acids is 1. The van der Waals surface area contributed by atoms with Crippen molar-refractivity contribution in [2.45, 2.75) is 81.2 Å². The van der Waals surface area contributed by atoms with E-state index in [1.165, 1.54) is 0 Å². The highest BCUT2D eigenvalue weighted by Gasteiger charge is 2.55. The standard InChI is InChI=1S/C25H35N3O4S/c1-2-3-19-18(9-20(33)23(26-19)28-5-4-14(13-28)8-21(29)30)24(31)27-22-16-6-15-7-17(22)12-25(32,10-15)11-16/h9,14-17,22,32-33H,2-8,10-13H2,1H3,(H,27,31)(H,29,30)/t14-,15?,16?,17?,22?,25?/m0/s1. The predicted molar refractivity (Wildman–Crippen MR) is 128 cm³/mol. The molecule has 0 radical (unpaired) electrons. The van der Waals surface area contributed by atoms with E-state index in [2.05, 4.69) is 29.8 Å². The molecule has 2 heterocycles. The third-order valence-electron chi connectivity index (χ3n) is 8.38. The van der Waals surface area contributed by atoms with Crippen molar-refractivity contribution in [2.24, 2.45) is 23.7 Å². The van der Waals surface area contributed by atoms with Crippen LogP contribution in [0.3, 0.4) is 0 Å². The van der Waals surface area contributed by atoms with E-state index >= 15 is 0 Å². The third kappa shape index (κ3) is 4.48. The number of aromatic nitrogens is 1. The number of nitrogens with zero attached hydrogens (tertiary/aromatic N) is 2. The highest BCUT2D eigenvalue weighted by molar-refractivity contribution is 7.80. The molecule has 1 saturated heterocycles. The second-order valence-electron chi connectivity index (χ2n) is 11.0. The highest BCUT2D eigenvalue weighted by Crippen LogP contribution is 2.55. The van der Waals surface area contributed by atoms with E-state index in [0.717, 1.165) is 63.0 Å². The van der Waals surface area contributed by atoms with Crippen molar-refractivity contribution in [3.8, 4) is 0 Å². The van der Waals surface area contributed by atoms with Crippen LogP contribution in [0.25, 0.3) is 0 Å². The molecule has 4 aliphatic carbocycles. The molecule has 2 unspecified atom stereocenters. The van der Waals surface area contributed by atoms with Gasteiger partial charge in [-0.3, -0.25) is 9.59 Å². The summed E-state index contributed by atoms with van der Waals surface area (Å²) in [7, 11) is 0. The fourth-order valence-electron chi connectivity index (χ4n) is 7.27. The van der Waals surface area contributed by atoms with Gasteiger partial charge in [0, 0.05) is 30.4 Å². The van der Waals surface area contributed by atoms with Crippen LogP contribution in [0.4, 0.5) is 5.82 Å². The molecule has 7 nitrogen and oxygen atoms in total. The van der Waals surface area contributed by atoms with Gasteiger partial charge >= 0.3 is 5.97 Å². The zero-order valence-electron chi connectivity index (χ0n) is 19.3. The molecule has 5 aliphatic rings. The van der Waals surface area contributed by atoms with E-state index < -0.39 is 11.6 Å². The zero-order chi connectivity index (χ0) is 23.3. The molecule has 5 fully saturated rings. The zero-order valence-corrected chi connectivity index (χ0v) is 20.2. The summed E-state index contributed by atoms with van der Waals surface area (Å²) in [5.41, 5.74) is 0.868. The SMILES string of the molecule is CCCc1nc(N2CC[C@@H](CC(=O)O)C2)c(S)cc1C(=O)NC1C2CC3CC1CC(O)(C3)C2. The average molecular weight is 474 g/mol. The second-order valence-corrected chi connectivity index (χ2v) is 11.4. The first-order valence-corrected chi connectivity index (χ1v) is 12.9. The normalized spacial score (nSPS) is 34.6. The van der Waals surface area contributed by atoms with Crippen molar-refractivity contribution in [3.63, 3.8) is 0 Å². The number of anilines is 1. The predicted octanol–water partition coefficient (Wildman–Crippen LogP) is 3.29. The topological polar surface area (TPSA) is 103 Å². The minimum atomic E-state index is -0.767. The van der Waals surface area contributed by atoms with Crippen molar-refractivity contribution in [1.29, 1.82) is 0 Å². The highest BCUT2D eigenvalue weighted by atomic mass is 32.1. The van der Waals surface area contributed by atoms with Crippen LogP contribution in [0.15, 0.2) is 11.0 Å². The Kier molecular flexibility index (Phi) is 6.10. The van der Waals surface area contributed by atoms with Gasteiger partial charge < -0.3 is 20.4 Å². The second kappa shape index (κ2) is 8.77. The fraction of sp³-hybridized carbons (Fsp3) is 0.720. The molecule has 4 bridgehead atoms. The van der Waals surface area contributed by atoms with E-state index in [9.17, 15) is 14.7 Å². The number of amides is 1. The van der Waals surface area contributed by atoms with Crippen LogP contribution < -0.4 is 10.2 Å². The summed E-state index contributed by atoms with van der Waals surface area (Å²) in [5, 5.41) is 23.3. The van der Waals surface area contributed by atoms with Gasteiger partial charge in [0.15, 0.2) is 0 Å². The molecule has 0 aromatic carbocycles. The van der Waals surface area contributed by atoms with Crippen LogP contribution in [-0.2, 0) is 11.2 Å². The number of rotatable bonds is 7. The van der Waals surface area contributed by atoms with Crippen LogP contribution in [0.2, 0.25) is 0 Å². The molecule has 3 N–H and O–H groups in total. The van der Waals surface area contributed by atoms with Gasteiger partial charge in [-0.1, -0.05) is 13.3 Å². The van der Waals surface area contributed by atoms with Gasteiger partial charge in [-0.2, -0.15) is 0 Å².